The van der Waals surface area contributed by atoms with Gasteiger partial charge in [-0.05, 0) is 23.8 Å². The van der Waals surface area contributed by atoms with E-state index in [9.17, 15) is 18.0 Å². The highest BCUT2D eigenvalue weighted by atomic mass is 19.1. The van der Waals surface area contributed by atoms with Crippen LogP contribution in [-0.2, 0) is 0 Å². The van der Waals surface area contributed by atoms with Crippen LogP contribution in [0.4, 0.5) is 13.2 Å². The molecule has 0 radical (unpaired) electrons. The smallest absolute Gasteiger partial charge is 0.271 e. The van der Waals surface area contributed by atoms with Crippen LogP contribution in [0.25, 0.3) is 11.1 Å². The first-order chi connectivity index (χ1) is 13.4. The lowest BCUT2D eigenvalue weighted by Crippen LogP contribution is -2.17. The molecule has 0 aliphatic rings. The average Bonchev–Trinajstić information content (AvgIpc) is 2.65. The Balaban J connectivity index is 1.78. The Morgan fingerprint density at radius 3 is 2.18 bits per heavy atom. The minimum absolute atomic E-state index is 0.00108. The number of ether oxygens (including phenoxy) is 2. The highest BCUT2D eigenvalue weighted by Crippen LogP contribution is 2.32. The molecule has 3 rings (SSSR count). The Morgan fingerprint density at radius 1 is 0.893 bits per heavy atom. The van der Waals surface area contributed by atoms with Gasteiger partial charge in [-0.1, -0.05) is 12.1 Å². The van der Waals surface area contributed by atoms with Crippen molar-refractivity contribution >= 4 is 5.91 Å². The van der Waals surface area contributed by atoms with E-state index < -0.39 is 23.4 Å². The molecule has 0 atom stereocenters. The molecule has 0 bridgehead atoms. The summed E-state index contributed by atoms with van der Waals surface area (Å²) in [6.07, 6.45) is 1.39. The molecule has 3 aromatic rings. The molecule has 0 saturated heterocycles. The highest BCUT2D eigenvalue weighted by Gasteiger charge is 2.17. The number of rotatable bonds is 7. The molecule has 1 heterocycles. The zero-order chi connectivity index (χ0) is 20.1. The number of nitrogens with two attached hydrogens (primary N) is 1. The van der Waals surface area contributed by atoms with Crippen molar-refractivity contribution in [2.45, 2.75) is 0 Å². The second kappa shape index (κ2) is 8.43. The SMILES string of the molecule is NC(=O)c1nccc(-c2ccc(F)cc2)c1OCCOc1cc(F)cc(F)c1. The van der Waals surface area contributed by atoms with Crippen LogP contribution in [0.5, 0.6) is 11.5 Å². The average molecular weight is 388 g/mol. The summed E-state index contributed by atoms with van der Waals surface area (Å²) in [5.74, 6) is -2.63. The van der Waals surface area contributed by atoms with E-state index >= 15 is 0 Å². The minimum atomic E-state index is -0.799. The number of carbonyl (C=O) groups is 1. The summed E-state index contributed by atoms with van der Waals surface area (Å²) in [4.78, 5) is 15.6. The van der Waals surface area contributed by atoms with Gasteiger partial charge in [0.15, 0.2) is 11.4 Å². The van der Waals surface area contributed by atoms with Gasteiger partial charge in [0.25, 0.3) is 5.91 Å². The Bertz CT molecular complexity index is 974. The number of hydrogen-bond donors (Lipinski definition) is 1. The van der Waals surface area contributed by atoms with Crippen molar-refractivity contribution in [1.82, 2.24) is 4.98 Å². The van der Waals surface area contributed by atoms with Crippen molar-refractivity contribution in [1.29, 1.82) is 0 Å². The molecule has 5 nitrogen and oxygen atoms in total. The molecule has 0 spiro atoms. The molecule has 8 heteroatoms. The largest absolute Gasteiger partial charge is 0.490 e. The van der Waals surface area contributed by atoms with Crippen LogP contribution < -0.4 is 15.2 Å². The molecule has 0 aliphatic carbocycles. The molecule has 0 unspecified atom stereocenters. The standard InChI is InChI=1S/C20H15F3N2O3/c21-13-3-1-12(2-4-13)17-5-6-25-18(20(24)26)19(17)28-8-7-27-16-10-14(22)9-15(23)11-16/h1-6,9-11H,7-8H2,(H2,24,26). The number of nitrogens with zero attached hydrogens (tertiary/aromatic N) is 1. The Kier molecular flexibility index (Phi) is 5.78. The molecule has 0 saturated carbocycles. The van der Waals surface area contributed by atoms with Crippen LogP contribution >= 0.6 is 0 Å². The molecule has 0 aliphatic heterocycles. The fraction of sp³-hybridized carbons (Fsp3) is 0.100. The first-order valence-electron chi connectivity index (χ1n) is 8.20. The predicted octanol–water partition coefficient (Wildman–Crippen LogP) is 3.72. The maximum absolute atomic E-state index is 13.2. The number of carbonyl (C=O) groups excluding carboxylic acids is 1. The van der Waals surface area contributed by atoms with Crippen molar-refractivity contribution in [3.63, 3.8) is 0 Å². The van der Waals surface area contributed by atoms with Crippen LogP contribution in [0, 0.1) is 17.5 Å². The lowest BCUT2D eigenvalue weighted by atomic mass is 10.0. The third-order valence-electron chi connectivity index (χ3n) is 3.73. The van der Waals surface area contributed by atoms with Crippen LogP contribution in [-0.4, -0.2) is 24.1 Å². The summed E-state index contributed by atoms with van der Waals surface area (Å²) >= 11 is 0. The van der Waals surface area contributed by atoms with Gasteiger partial charge in [-0.25, -0.2) is 18.2 Å². The number of halogens is 3. The van der Waals surface area contributed by atoms with Gasteiger partial charge < -0.3 is 15.2 Å². The molecule has 144 valence electrons. The van der Waals surface area contributed by atoms with E-state index in [-0.39, 0.29) is 30.4 Å². The summed E-state index contributed by atoms with van der Waals surface area (Å²) in [7, 11) is 0. The summed E-state index contributed by atoms with van der Waals surface area (Å²) in [5.41, 5.74) is 6.34. The predicted molar refractivity (Wildman–Crippen MR) is 95.5 cm³/mol. The van der Waals surface area contributed by atoms with E-state index in [0.29, 0.717) is 11.1 Å². The van der Waals surface area contributed by atoms with Gasteiger partial charge in [0.2, 0.25) is 0 Å². The van der Waals surface area contributed by atoms with Gasteiger partial charge in [0, 0.05) is 30.0 Å². The van der Waals surface area contributed by atoms with Gasteiger partial charge in [-0.15, -0.1) is 0 Å². The van der Waals surface area contributed by atoms with Gasteiger partial charge >= 0.3 is 0 Å². The lowest BCUT2D eigenvalue weighted by Gasteiger charge is -2.14. The molecule has 2 aromatic carbocycles. The summed E-state index contributed by atoms with van der Waals surface area (Å²) in [6.45, 7) is -0.114. The zero-order valence-corrected chi connectivity index (χ0v) is 14.5. The molecule has 1 amide bonds. The number of benzene rings is 2. The van der Waals surface area contributed by atoms with E-state index in [1.807, 2.05) is 0 Å². The normalized spacial score (nSPS) is 10.5. The number of primary amides is 1. The molecule has 28 heavy (non-hydrogen) atoms. The fourth-order valence-electron chi connectivity index (χ4n) is 2.54. The van der Waals surface area contributed by atoms with E-state index in [2.05, 4.69) is 4.98 Å². The Morgan fingerprint density at radius 2 is 1.54 bits per heavy atom. The summed E-state index contributed by atoms with van der Waals surface area (Å²) in [6, 6.07) is 9.97. The third kappa shape index (κ3) is 4.59. The summed E-state index contributed by atoms with van der Waals surface area (Å²) < 4.78 is 50.4. The second-order valence-corrected chi connectivity index (χ2v) is 5.71. The maximum Gasteiger partial charge on any atom is 0.271 e. The third-order valence-corrected chi connectivity index (χ3v) is 3.73. The van der Waals surface area contributed by atoms with E-state index in [1.54, 1.807) is 6.07 Å². The first kappa shape index (κ1) is 19.2. The van der Waals surface area contributed by atoms with Gasteiger partial charge in [0.05, 0.1) is 0 Å². The number of aromatic nitrogens is 1. The first-order valence-corrected chi connectivity index (χ1v) is 8.20. The lowest BCUT2D eigenvalue weighted by molar-refractivity contribution is 0.0990. The van der Waals surface area contributed by atoms with Crippen LogP contribution in [0.15, 0.2) is 54.7 Å². The molecular formula is C20H15F3N2O3. The maximum atomic E-state index is 13.2. The topological polar surface area (TPSA) is 74.4 Å². The second-order valence-electron chi connectivity index (χ2n) is 5.71. The van der Waals surface area contributed by atoms with Crippen LogP contribution in [0.1, 0.15) is 10.5 Å². The van der Waals surface area contributed by atoms with Crippen LogP contribution in [0.2, 0.25) is 0 Å². The van der Waals surface area contributed by atoms with Crippen molar-refractivity contribution in [2.75, 3.05) is 13.2 Å². The van der Waals surface area contributed by atoms with Gasteiger partial charge in [0.1, 0.15) is 36.4 Å². The van der Waals surface area contributed by atoms with Crippen molar-refractivity contribution in [2.24, 2.45) is 5.73 Å². The number of pyridine rings is 1. The van der Waals surface area contributed by atoms with E-state index in [0.717, 1.165) is 18.2 Å². The summed E-state index contributed by atoms with van der Waals surface area (Å²) in [5, 5.41) is 0. The Labute approximate surface area is 158 Å². The van der Waals surface area contributed by atoms with Crippen molar-refractivity contribution < 1.29 is 27.4 Å². The van der Waals surface area contributed by atoms with Gasteiger partial charge in [-0.2, -0.15) is 0 Å². The molecular weight excluding hydrogens is 373 g/mol. The number of amides is 1. The zero-order valence-electron chi connectivity index (χ0n) is 14.5. The molecule has 2 N–H and O–H groups in total. The monoisotopic (exact) mass is 388 g/mol. The quantitative estimate of drug-likeness (QED) is 0.626. The molecule has 1 aromatic heterocycles. The number of hydrogen-bond acceptors (Lipinski definition) is 4. The van der Waals surface area contributed by atoms with Crippen molar-refractivity contribution in [3.8, 4) is 22.6 Å². The van der Waals surface area contributed by atoms with Crippen LogP contribution in [0.3, 0.4) is 0 Å². The highest BCUT2D eigenvalue weighted by molar-refractivity contribution is 5.96. The van der Waals surface area contributed by atoms with E-state index in [1.165, 1.54) is 30.5 Å². The van der Waals surface area contributed by atoms with Crippen molar-refractivity contribution in [3.05, 3.63) is 77.9 Å². The Hall–Kier alpha value is -3.55. The minimum Gasteiger partial charge on any atom is -0.490 e. The molecule has 0 fully saturated rings. The van der Waals surface area contributed by atoms with E-state index in [4.69, 9.17) is 15.2 Å². The van der Waals surface area contributed by atoms with Gasteiger partial charge in [-0.3, -0.25) is 4.79 Å². The fourth-order valence-corrected chi connectivity index (χ4v) is 2.54.